The maximum Gasteiger partial charge on any atom is 0.114 e. The zero-order valence-electron chi connectivity index (χ0n) is 32.5. The molecule has 11 rings (SSSR count). The largest absolute Gasteiger partial charge is 0.309 e. The van der Waals surface area contributed by atoms with Gasteiger partial charge in [-0.3, -0.25) is 0 Å². The number of benzene rings is 8. The Hall–Kier alpha value is -7.07. The number of pyridine rings is 1. The van der Waals surface area contributed by atoms with Crippen molar-refractivity contribution in [3.63, 3.8) is 0 Å². The topological polar surface area (TPSA) is 17.8 Å². The van der Waals surface area contributed by atoms with E-state index in [0.717, 1.165) is 33.6 Å². The Bertz CT molecular complexity index is 3140. The minimum absolute atomic E-state index is 0.955. The van der Waals surface area contributed by atoms with Gasteiger partial charge in [0.25, 0.3) is 0 Å². The lowest BCUT2D eigenvalue weighted by molar-refractivity contribution is 1.18. The zero-order chi connectivity index (χ0) is 38.8. The van der Waals surface area contributed by atoms with Crippen molar-refractivity contribution in [1.82, 2.24) is 9.55 Å². The Balaban J connectivity index is 1.05. The molecule has 0 aliphatic carbocycles. The molecule has 274 valence electrons. The van der Waals surface area contributed by atoms with Gasteiger partial charge in [0.2, 0.25) is 0 Å². The number of para-hydroxylation sites is 1. The first-order chi connectivity index (χ1) is 28.5. The summed E-state index contributed by atoms with van der Waals surface area (Å²) in [5, 5.41) is 5.54. The minimum atomic E-state index is -1.90. The Morgan fingerprint density at radius 2 is 0.948 bits per heavy atom. The molecule has 0 saturated heterocycles. The van der Waals surface area contributed by atoms with Gasteiger partial charge in [-0.2, -0.15) is 0 Å². The van der Waals surface area contributed by atoms with Gasteiger partial charge in [-0.25, -0.2) is 4.98 Å². The minimum Gasteiger partial charge on any atom is -0.309 e. The Morgan fingerprint density at radius 1 is 0.362 bits per heavy atom. The lowest BCUT2D eigenvalue weighted by Crippen LogP contribution is -2.50. The summed E-state index contributed by atoms with van der Waals surface area (Å²) in [5.74, 6) is 0. The molecule has 3 heteroatoms. The first kappa shape index (κ1) is 34.2. The van der Waals surface area contributed by atoms with E-state index in [0.29, 0.717) is 0 Å². The fourth-order valence-corrected chi connectivity index (χ4v) is 13.0. The van der Waals surface area contributed by atoms with Crippen molar-refractivity contribution in [3.8, 4) is 72.7 Å². The number of aromatic nitrogens is 2. The molecule has 0 N–H and O–H groups in total. The van der Waals surface area contributed by atoms with E-state index in [2.05, 4.69) is 224 Å². The van der Waals surface area contributed by atoms with Crippen LogP contribution in [0, 0.1) is 0 Å². The smallest absolute Gasteiger partial charge is 0.114 e. The summed E-state index contributed by atoms with van der Waals surface area (Å²) < 4.78 is 2.45. The Kier molecular flexibility index (Phi) is 7.99. The van der Waals surface area contributed by atoms with Crippen molar-refractivity contribution < 1.29 is 0 Å². The maximum absolute atomic E-state index is 5.32. The first-order valence-corrected chi connectivity index (χ1v) is 23.1. The molecule has 0 radical (unpaired) electrons. The molecule has 2 nitrogen and oxygen atoms in total. The molecule has 0 fully saturated rings. The molecule has 0 spiro atoms. The van der Waals surface area contributed by atoms with Crippen LogP contribution in [0.25, 0.3) is 94.5 Å². The average Bonchev–Trinajstić information content (AvgIpc) is 3.75. The summed E-state index contributed by atoms with van der Waals surface area (Å²) in [5.41, 5.74) is 17.8. The third-order valence-corrected chi connectivity index (χ3v) is 15.8. The maximum atomic E-state index is 5.32. The predicted molar refractivity (Wildman–Crippen MR) is 248 cm³/mol. The van der Waals surface area contributed by atoms with Gasteiger partial charge < -0.3 is 4.57 Å². The highest BCUT2D eigenvalue weighted by Gasteiger charge is 2.39. The average molecular weight is 757 g/mol. The van der Waals surface area contributed by atoms with Crippen LogP contribution in [-0.2, 0) is 0 Å². The summed E-state index contributed by atoms with van der Waals surface area (Å²) in [7, 11) is -1.90. The van der Waals surface area contributed by atoms with Gasteiger partial charge in [0, 0.05) is 27.6 Å². The van der Waals surface area contributed by atoms with Crippen LogP contribution in [0.5, 0.6) is 0 Å². The molecule has 2 aromatic heterocycles. The van der Waals surface area contributed by atoms with E-state index >= 15 is 0 Å². The second-order valence-electron chi connectivity index (χ2n) is 15.9. The van der Waals surface area contributed by atoms with Crippen molar-refractivity contribution in [2.75, 3.05) is 0 Å². The van der Waals surface area contributed by atoms with Gasteiger partial charge in [0.15, 0.2) is 0 Å². The fourth-order valence-electron chi connectivity index (χ4n) is 9.50. The highest BCUT2D eigenvalue weighted by Crippen LogP contribution is 2.40. The number of fused-ring (bicyclic) bond motifs is 6. The van der Waals surface area contributed by atoms with E-state index in [1.165, 1.54) is 66.1 Å². The van der Waals surface area contributed by atoms with E-state index in [9.17, 15) is 0 Å². The molecular weight excluding hydrogens is 717 g/mol. The van der Waals surface area contributed by atoms with Crippen molar-refractivity contribution in [2.45, 2.75) is 13.1 Å². The van der Waals surface area contributed by atoms with Crippen LogP contribution >= 0.6 is 0 Å². The van der Waals surface area contributed by atoms with Gasteiger partial charge in [-0.1, -0.05) is 177 Å². The van der Waals surface area contributed by atoms with E-state index < -0.39 is 8.07 Å². The number of rotatable bonds is 6. The molecular formula is C55H40N2Si. The zero-order valence-corrected chi connectivity index (χ0v) is 33.5. The van der Waals surface area contributed by atoms with Crippen LogP contribution in [0.4, 0.5) is 0 Å². The monoisotopic (exact) mass is 756 g/mol. The van der Waals surface area contributed by atoms with Crippen molar-refractivity contribution in [1.29, 1.82) is 0 Å². The number of nitrogens with zero attached hydrogens (tertiary/aromatic N) is 2. The lowest BCUT2D eigenvalue weighted by Gasteiger charge is -2.22. The molecule has 8 aromatic carbocycles. The van der Waals surface area contributed by atoms with Crippen molar-refractivity contribution in [2.24, 2.45) is 0 Å². The molecule has 0 atom stereocenters. The molecule has 10 aromatic rings. The number of hydrogen-bond donors (Lipinski definition) is 0. The predicted octanol–water partition coefficient (Wildman–Crippen LogP) is 13.3. The summed E-state index contributed by atoms with van der Waals surface area (Å²) in [6.45, 7) is 5.01. The van der Waals surface area contributed by atoms with Gasteiger partial charge in [-0.15, -0.1) is 0 Å². The lowest BCUT2D eigenvalue weighted by atomic mass is 9.94. The van der Waals surface area contributed by atoms with Crippen LogP contribution in [0.1, 0.15) is 0 Å². The van der Waals surface area contributed by atoms with Gasteiger partial charge in [0.1, 0.15) is 8.07 Å². The highest BCUT2D eigenvalue weighted by atomic mass is 28.3. The second kappa shape index (κ2) is 13.5. The molecule has 0 amide bonds. The quantitative estimate of drug-likeness (QED) is 0.155. The standard InChI is InChI=1S/C55H40N2Si/c1-58(2)54-30-14-12-26-47(54)48-28-16-27-44(55(48)58)39-21-15-22-42(33-39)57-52-29-13-11-25-46(52)49-34-40(31-32-53(49)57)43-23-9-10-24-45(43)51-36-41(37-17-5-3-6-18-37)35-50(56-51)38-19-7-4-8-20-38/h3-36H,1-2H3. The summed E-state index contributed by atoms with van der Waals surface area (Å²) in [6, 6.07) is 75.2. The molecule has 1 aliphatic rings. The summed E-state index contributed by atoms with van der Waals surface area (Å²) in [4.78, 5) is 5.32. The third kappa shape index (κ3) is 5.50. The van der Waals surface area contributed by atoms with Gasteiger partial charge >= 0.3 is 0 Å². The molecule has 1 aliphatic heterocycles. The Labute approximate surface area is 340 Å². The van der Waals surface area contributed by atoms with E-state index in [4.69, 9.17) is 4.98 Å². The molecule has 3 heterocycles. The van der Waals surface area contributed by atoms with Crippen LogP contribution < -0.4 is 10.4 Å². The normalized spacial score (nSPS) is 12.8. The highest BCUT2D eigenvalue weighted by molar-refractivity contribution is 7.04. The van der Waals surface area contributed by atoms with E-state index in [1.807, 2.05) is 0 Å². The van der Waals surface area contributed by atoms with Crippen LogP contribution in [0.3, 0.4) is 0 Å². The van der Waals surface area contributed by atoms with Crippen molar-refractivity contribution in [3.05, 3.63) is 206 Å². The van der Waals surface area contributed by atoms with Crippen LogP contribution in [0.2, 0.25) is 13.1 Å². The molecule has 0 bridgehead atoms. The first-order valence-electron chi connectivity index (χ1n) is 20.1. The van der Waals surface area contributed by atoms with E-state index in [-0.39, 0.29) is 0 Å². The molecule has 0 unspecified atom stereocenters. The summed E-state index contributed by atoms with van der Waals surface area (Å²) >= 11 is 0. The van der Waals surface area contributed by atoms with Crippen molar-refractivity contribution >= 4 is 40.3 Å². The van der Waals surface area contributed by atoms with Crippen LogP contribution in [0.15, 0.2) is 206 Å². The van der Waals surface area contributed by atoms with Crippen LogP contribution in [-0.4, -0.2) is 17.6 Å². The fraction of sp³-hybridized carbons (Fsp3) is 0.0364. The Morgan fingerprint density at radius 3 is 1.78 bits per heavy atom. The second-order valence-corrected chi connectivity index (χ2v) is 20.2. The number of hydrogen-bond acceptors (Lipinski definition) is 1. The third-order valence-electron chi connectivity index (χ3n) is 12.2. The van der Waals surface area contributed by atoms with Gasteiger partial charge in [-0.05, 0) is 97.3 Å². The summed E-state index contributed by atoms with van der Waals surface area (Å²) in [6.07, 6.45) is 0. The SMILES string of the molecule is C[Si]1(C)c2ccccc2-c2cccc(-c3cccc(-n4c5ccccc5c5cc(-c6ccccc6-c6cc(-c7ccccc7)cc(-c7ccccc7)n6)ccc54)c3)c21. The molecule has 58 heavy (non-hydrogen) atoms. The molecule has 0 saturated carbocycles. The van der Waals surface area contributed by atoms with E-state index in [1.54, 1.807) is 5.19 Å². The van der Waals surface area contributed by atoms with Gasteiger partial charge in [0.05, 0.1) is 22.4 Å².